The summed E-state index contributed by atoms with van der Waals surface area (Å²) in [7, 11) is 0. The first-order valence-electron chi connectivity index (χ1n) is 6.32. The fourth-order valence-electron chi connectivity index (χ4n) is 2.06. The van der Waals surface area contributed by atoms with Crippen molar-refractivity contribution in [2.45, 2.75) is 20.0 Å². The van der Waals surface area contributed by atoms with E-state index in [9.17, 15) is 4.79 Å². The molecule has 1 aliphatic rings. The van der Waals surface area contributed by atoms with Crippen molar-refractivity contribution < 1.29 is 9.53 Å². The number of ether oxygens (including phenoxy) is 1. The third-order valence-electron chi connectivity index (χ3n) is 2.91. The third-order valence-corrected chi connectivity index (χ3v) is 2.91. The summed E-state index contributed by atoms with van der Waals surface area (Å²) in [5.41, 5.74) is 0.633. The van der Waals surface area contributed by atoms with Gasteiger partial charge in [-0.1, -0.05) is 0 Å². The lowest BCUT2D eigenvalue weighted by Gasteiger charge is -2.31. The number of anilines is 1. The molecule has 0 aliphatic carbocycles. The summed E-state index contributed by atoms with van der Waals surface area (Å²) in [5.74, 6) is 0.679. The predicted molar refractivity (Wildman–Crippen MR) is 69.7 cm³/mol. The number of carbonyl (C=O) groups is 1. The standard InChI is InChI=1S/C13H19N3O2/c1-3-14-12-11(5-4-6-15-12)13(17)16-7-8-18-10(2)9-16/h4-6,10H,3,7-9H2,1-2H3,(H,14,15). The van der Waals surface area contributed by atoms with E-state index in [1.165, 1.54) is 0 Å². The highest BCUT2D eigenvalue weighted by Gasteiger charge is 2.24. The number of rotatable bonds is 3. The zero-order chi connectivity index (χ0) is 13.0. The van der Waals surface area contributed by atoms with Crippen LogP contribution in [0.3, 0.4) is 0 Å². The van der Waals surface area contributed by atoms with Crippen LogP contribution in [0.15, 0.2) is 18.3 Å². The fourth-order valence-corrected chi connectivity index (χ4v) is 2.06. The zero-order valence-electron chi connectivity index (χ0n) is 10.8. The molecular formula is C13H19N3O2. The van der Waals surface area contributed by atoms with Crippen LogP contribution in [0.5, 0.6) is 0 Å². The Labute approximate surface area is 107 Å². The monoisotopic (exact) mass is 249 g/mol. The molecule has 0 spiro atoms. The molecule has 2 rings (SSSR count). The summed E-state index contributed by atoms with van der Waals surface area (Å²) >= 11 is 0. The number of pyridine rings is 1. The Morgan fingerprint density at radius 2 is 2.50 bits per heavy atom. The van der Waals surface area contributed by atoms with Gasteiger partial charge in [0.05, 0.1) is 18.3 Å². The van der Waals surface area contributed by atoms with Crippen LogP contribution in [0.25, 0.3) is 0 Å². The molecule has 1 saturated heterocycles. The van der Waals surface area contributed by atoms with Crippen molar-refractivity contribution in [2.24, 2.45) is 0 Å². The van der Waals surface area contributed by atoms with Crippen molar-refractivity contribution in [3.63, 3.8) is 0 Å². The predicted octanol–water partition coefficient (Wildman–Crippen LogP) is 1.37. The molecule has 2 heterocycles. The van der Waals surface area contributed by atoms with E-state index >= 15 is 0 Å². The van der Waals surface area contributed by atoms with E-state index in [-0.39, 0.29) is 12.0 Å². The van der Waals surface area contributed by atoms with Gasteiger partial charge in [-0.3, -0.25) is 4.79 Å². The smallest absolute Gasteiger partial charge is 0.257 e. The Kier molecular flexibility index (Phi) is 4.15. The topological polar surface area (TPSA) is 54.5 Å². The van der Waals surface area contributed by atoms with Crippen LogP contribution < -0.4 is 5.32 Å². The average molecular weight is 249 g/mol. The lowest BCUT2D eigenvalue weighted by atomic mass is 10.2. The molecule has 5 nitrogen and oxygen atoms in total. The lowest BCUT2D eigenvalue weighted by Crippen LogP contribution is -2.44. The molecule has 1 N–H and O–H groups in total. The molecule has 1 unspecified atom stereocenters. The molecule has 18 heavy (non-hydrogen) atoms. The minimum absolute atomic E-state index is 0.0224. The molecule has 1 aromatic heterocycles. The van der Waals surface area contributed by atoms with Gasteiger partial charge in [0.1, 0.15) is 5.82 Å². The van der Waals surface area contributed by atoms with Gasteiger partial charge in [0.2, 0.25) is 0 Å². The molecule has 1 aromatic rings. The lowest BCUT2D eigenvalue weighted by molar-refractivity contribution is -0.0124. The molecule has 1 amide bonds. The maximum Gasteiger partial charge on any atom is 0.257 e. The molecule has 0 radical (unpaired) electrons. The van der Waals surface area contributed by atoms with Crippen molar-refractivity contribution in [3.05, 3.63) is 23.9 Å². The van der Waals surface area contributed by atoms with Gasteiger partial charge in [-0.05, 0) is 26.0 Å². The summed E-state index contributed by atoms with van der Waals surface area (Å²) < 4.78 is 5.45. The minimum atomic E-state index is 0.0224. The SMILES string of the molecule is CCNc1ncccc1C(=O)N1CCOC(C)C1. The van der Waals surface area contributed by atoms with Gasteiger partial charge in [-0.2, -0.15) is 0 Å². The summed E-state index contributed by atoms with van der Waals surface area (Å²) in [6.45, 7) is 6.59. The summed E-state index contributed by atoms with van der Waals surface area (Å²) in [5, 5.41) is 3.12. The van der Waals surface area contributed by atoms with Gasteiger partial charge in [0.25, 0.3) is 5.91 Å². The Morgan fingerprint density at radius 1 is 1.67 bits per heavy atom. The number of nitrogens with one attached hydrogen (secondary N) is 1. The molecule has 1 atom stereocenters. The van der Waals surface area contributed by atoms with Crippen LogP contribution in [-0.4, -0.2) is 48.1 Å². The first-order chi connectivity index (χ1) is 8.72. The van der Waals surface area contributed by atoms with Crippen molar-refractivity contribution in [1.29, 1.82) is 0 Å². The first kappa shape index (κ1) is 12.8. The summed E-state index contributed by atoms with van der Waals surface area (Å²) in [4.78, 5) is 18.5. The minimum Gasteiger partial charge on any atom is -0.375 e. The van der Waals surface area contributed by atoms with Crippen molar-refractivity contribution in [3.8, 4) is 0 Å². The molecule has 0 saturated carbocycles. The molecule has 0 bridgehead atoms. The van der Waals surface area contributed by atoms with E-state index in [1.54, 1.807) is 12.3 Å². The van der Waals surface area contributed by atoms with Crippen LogP contribution in [0, 0.1) is 0 Å². The Hall–Kier alpha value is -1.62. The Balaban J connectivity index is 2.17. The van der Waals surface area contributed by atoms with Crippen molar-refractivity contribution in [2.75, 3.05) is 31.6 Å². The second-order valence-corrected chi connectivity index (χ2v) is 4.36. The quantitative estimate of drug-likeness (QED) is 0.879. The molecular weight excluding hydrogens is 230 g/mol. The normalized spacial score (nSPS) is 19.7. The molecule has 5 heteroatoms. The molecule has 1 aliphatic heterocycles. The van der Waals surface area contributed by atoms with Crippen molar-refractivity contribution >= 4 is 11.7 Å². The van der Waals surface area contributed by atoms with Gasteiger partial charge in [-0.25, -0.2) is 4.98 Å². The van der Waals surface area contributed by atoms with Crippen molar-refractivity contribution in [1.82, 2.24) is 9.88 Å². The molecule has 1 fully saturated rings. The number of hydrogen-bond acceptors (Lipinski definition) is 4. The summed E-state index contributed by atoms with van der Waals surface area (Å²) in [6, 6.07) is 3.60. The highest BCUT2D eigenvalue weighted by Crippen LogP contribution is 2.16. The number of morpholine rings is 1. The maximum absolute atomic E-state index is 12.4. The van der Waals surface area contributed by atoms with Gasteiger partial charge < -0.3 is 15.0 Å². The second-order valence-electron chi connectivity index (χ2n) is 4.36. The third kappa shape index (κ3) is 2.79. The number of aromatic nitrogens is 1. The Morgan fingerprint density at radius 3 is 3.22 bits per heavy atom. The number of hydrogen-bond donors (Lipinski definition) is 1. The van der Waals surface area contributed by atoms with Crippen LogP contribution in [0.2, 0.25) is 0 Å². The van der Waals surface area contributed by atoms with E-state index in [0.717, 1.165) is 6.54 Å². The maximum atomic E-state index is 12.4. The zero-order valence-corrected chi connectivity index (χ0v) is 10.8. The number of carbonyl (C=O) groups excluding carboxylic acids is 1. The largest absolute Gasteiger partial charge is 0.375 e. The molecule has 0 aromatic carbocycles. The van der Waals surface area contributed by atoms with Crippen LogP contribution in [0.1, 0.15) is 24.2 Å². The van der Waals surface area contributed by atoms with Gasteiger partial charge in [-0.15, -0.1) is 0 Å². The van der Waals surface area contributed by atoms with Gasteiger partial charge >= 0.3 is 0 Å². The van der Waals surface area contributed by atoms with Crippen LogP contribution in [0.4, 0.5) is 5.82 Å². The highest BCUT2D eigenvalue weighted by molar-refractivity contribution is 5.98. The second kappa shape index (κ2) is 5.82. The highest BCUT2D eigenvalue weighted by atomic mass is 16.5. The van der Waals surface area contributed by atoms with E-state index in [2.05, 4.69) is 10.3 Å². The van der Waals surface area contributed by atoms with E-state index in [4.69, 9.17) is 4.74 Å². The number of nitrogens with zero attached hydrogens (tertiary/aromatic N) is 2. The van der Waals surface area contributed by atoms with E-state index in [0.29, 0.717) is 31.1 Å². The van der Waals surface area contributed by atoms with Gasteiger partial charge in [0, 0.05) is 25.8 Å². The van der Waals surface area contributed by atoms with Crippen LogP contribution in [-0.2, 0) is 4.74 Å². The van der Waals surface area contributed by atoms with E-state index in [1.807, 2.05) is 24.8 Å². The molecule has 98 valence electrons. The summed E-state index contributed by atoms with van der Waals surface area (Å²) in [6.07, 6.45) is 1.79. The average Bonchev–Trinajstić information content (AvgIpc) is 2.39. The van der Waals surface area contributed by atoms with Crippen LogP contribution >= 0.6 is 0 Å². The fraction of sp³-hybridized carbons (Fsp3) is 0.538. The van der Waals surface area contributed by atoms with E-state index < -0.39 is 0 Å². The first-order valence-corrected chi connectivity index (χ1v) is 6.32. The Bertz CT molecular complexity index is 422. The number of amides is 1. The van der Waals surface area contributed by atoms with Gasteiger partial charge in [0.15, 0.2) is 0 Å².